The van der Waals surface area contributed by atoms with Gasteiger partial charge in [0.15, 0.2) is 11.6 Å². The van der Waals surface area contributed by atoms with Gasteiger partial charge >= 0.3 is 0 Å². The maximum atomic E-state index is 13.4. The zero-order valence-electron chi connectivity index (χ0n) is 11.7. The number of hydrogen-bond donors (Lipinski definition) is 1. The molecule has 0 unspecified atom stereocenters. The van der Waals surface area contributed by atoms with E-state index in [-0.39, 0.29) is 10.9 Å². The first-order valence-electron chi connectivity index (χ1n) is 6.86. The molecule has 1 N–H and O–H groups in total. The lowest BCUT2D eigenvalue weighted by Crippen LogP contribution is -2.10. The van der Waals surface area contributed by atoms with Crippen LogP contribution >= 0.6 is 0 Å². The Morgan fingerprint density at radius 3 is 2.70 bits per heavy atom. The van der Waals surface area contributed by atoms with Crippen LogP contribution in [0.25, 0.3) is 33.1 Å². The zero-order chi connectivity index (χ0) is 16.0. The Hall–Kier alpha value is -3.15. The first kappa shape index (κ1) is 13.5. The van der Waals surface area contributed by atoms with E-state index in [4.69, 9.17) is 0 Å². The van der Waals surface area contributed by atoms with Crippen LogP contribution in [-0.2, 0) is 0 Å². The number of H-pyrrole nitrogens is 1. The summed E-state index contributed by atoms with van der Waals surface area (Å²) in [5.41, 5.74) is 0.275. The van der Waals surface area contributed by atoms with E-state index in [1.165, 1.54) is 0 Å². The Kier molecular flexibility index (Phi) is 2.90. The molecule has 0 spiro atoms. The number of halogens is 2. The van der Waals surface area contributed by atoms with E-state index in [0.29, 0.717) is 11.4 Å². The second-order valence-electron chi connectivity index (χ2n) is 5.10. The molecule has 4 nitrogen and oxygen atoms in total. The first-order chi connectivity index (χ1) is 11.1. The monoisotopic (exact) mass is 309 g/mol. The largest absolute Gasteiger partial charge is 0.306 e. The smallest absolute Gasteiger partial charge is 0.259 e. The van der Waals surface area contributed by atoms with Gasteiger partial charge in [0.25, 0.3) is 5.56 Å². The molecule has 0 saturated heterocycles. The van der Waals surface area contributed by atoms with Crippen LogP contribution in [0.1, 0.15) is 0 Å². The lowest BCUT2D eigenvalue weighted by atomic mass is 10.1. The molecular weight excluding hydrogens is 300 g/mol. The van der Waals surface area contributed by atoms with Crippen LogP contribution in [-0.4, -0.2) is 15.0 Å². The van der Waals surface area contributed by atoms with Gasteiger partial charge < -0.3 is 4.98 Å². The Balaban J connectivity index is 2.06. The van der Waals surface area contributed by atoms with Crippen molar-refractivity contribution in [3.05, 3.63) is 70.8 Å². The summed E-state index contributed by atoms with van der Waals surface area (Å²) in [5.74, 6) is -1.82. The van der Waals surface area contributed by atoms with E-state index >= 15 is 0 Å². The normalized spacial score (nSPS) is 11.2. The predicted octanol–water partition coefficient (Wildman–Crippen LogP) is 3.42. The quantitative estimate of drug-likeness (QED) is 0.586. The van der Waals surface area contributed by atoms with Gasteiger partial charge in [0.1, 0.15) is 5.82 Å². The first-order valence-corrected chi connectivity index (χ1v) is 6.86. The summed E-state index contributed by atoms with van der Waals surface area (Å²) in [5, 5.41) is 1.75. The molecule has 2 aromatic heterocycles. The zero-order valence-corrected chi connectivity index (χ0v) is 11.7. The summed E-state index contributed by atoms with van der Waals surface area (Å²) in [6.45, 7) is 0. The van der Waals surface area contributed by atoms with E-state index in [1.807, 2.05) is 12.1 Å². The Bertz CT molecular complexity index is 1120. The van der Waals surface area contributed by atoms with Crippen molar-refractivity contribution in [3.63, 3.8) is 0 Å². The molecule has 0 aliphatic heterocycles. The molecule has 0 amide bonds. The molecule has 23 heavy (non-hydrogen) atoms. The van der Waals surface area contributed by atoms with Crippen molar-refractivity contribution in [2.45, 2.75) is 0 Å². The van der Waals surface area contributed by atoms with Gasteiger partial charge in [0.05, 0.1) is 10.9 Å². The predicted molar refractivity (Wildman–Crippen MR) is 83.0 cm³/mol. The molecule has 0 saturated carbocycles. The highest BCUT2D eigenvalue weighted by Gasteiger charge is 2.12. The van der Waals surface area contributed by atoms with Gasteiger partial charge in [0.2, 0.25) is 0 Å². The minimum absolute atomic E-state index is 0.00885. The number of nitrogens with one attached hydrogen (secondary N) is 1. The standard InChI is InChI=1S/C17H9F2N3O/c18-13-6-12-15(7-14(13)19)21-16(22-17(12)23)11-3-1-2-9-8-20-5-4-10(9)11/h1-8H,(H,21,22,23). The summed E-state index contributed by atoms with van der Waals surface area (Å²) in [6.07, 6.45) is 3.34. The average Bonchev–Trinajstić information content (AvgIpc) is 2.56. The van der Waals surface area contributed by atoms with Gasteiger partial charge in [-0.05, 0) is 17.5 Å². The van der Waals surface area contributed by atoms with E-state index in [2.05, 4.69) is 15.0 Å². The molecule has 4 aromatic rings. The maximum Gasteiger partial charge on any atom is 0.259 e. The summed E-state index contributed by atoms with van der Waals surface area (Å²) in [6, 6.07) is 9.09. The summed E-state index contributed by atoms with van der Waals surface area (Å²) in [7, 11) is 0. The van der Waals surface area contributed by atoms with Gasteiger partial charge in [-0.25, -0.2) is 13.8 Å². The molecule has 4 rings (SSSR count). The van der Waals surface area contributed by atoms with Crippen LogP contribution < -0.4 is 5.56 Å². The van der Waals surface area contributed by atoms with Crippen LogP contribution in [0.4, 0.5) is 8.78 Å². The molecule has 0 bridgehead atoms. The Labute approximate surface area is 128 Å². The average molecular weight is 309 g/mol. The topological polar surface area (TPSA) is 58.6 Å². The third kappa shape index (κ3) is 2.15. The van der Waals surface area contributed by atoms with Gasteiger partial charge in [-0.1, -0.05) is 18.2 Å². The van der Waals surface area contributed by atoms with Gasteiger partial charge in [-0.2, -0.15) is 0 Å². The Morgan fingerprint density at radius 2 is 1.83 bits per heavy atom. The molecule has 0 aliphatic carbocycles. The lowest BCUT2D eigenvalue weighted by molar-refractivity contribution is 0.510. The van der Waals surface area contributed by atoms with Crippen LogP contribution in [0.5, 0.6) is 0 Å². The van der Waals surface area contributed by atoms with Crippen molar-refractivity contribution in [1.29, 1.82) is 0 Å². The number of hydrogen-bond acceptors (Lipinski definition) is 3. The molecule has 0 fully saturated rings. The van der Waals surface area contributed by atoms with Crippen molar-refractivity contribution < 1.29 is 8.78 Å². The number of nitrogens with zero attached hydrogens (tertiary/aromatic N) is 2. The van der Waals surface area contributed by atoms with Crippen molar-refractivity contribution >= 4 is 21.7 Å². The van der Waals surface area contributed by atoms with Crippen LogP contribution in [0.3, 0.4) is 0 Å². The summed E-state index contributed by atoms with van der Waals surface area (Å²) < 4.78 is 26.7. The lowest BCUT2D eigenvalue weighted by Gasteiger charge is -2.07. The molecule has 2 aromatic carbocycles. The van der Waals surface area contributed by atoms with Crippen molar-refractivity contribution in [2.75, 3.05) is 0 Å². The van der Waals surface area contributed by atoms with Gasteiger partial charge in [-0.15, -0.1) is 0 Å². The van der Waals surface area contributed by atoms with E-state index in [9.17, 15) is 13.6 Å². The second-order valence-corrected chi connectivity index (χ2v) is 5.10. The fraction of sp³-hybridized carbons (Fsp3) is 0. The maximum absolute atomic E-state index is 13.4. The summed E-state index contributed by atoms with van der Waals surface area (Å²) >= 11 is 0. The van der Waals surface area contributed by atoms with Crippen LogP contribution in [0.15, 0.2) is 53.6 Å². The molecular formula is C17H9F2N3O. The minimum atomic E-state index is -1.08. The van der Waals surface area contributed by atoms with E-state index in [1.54, 1.807) is 24.5 Å². The Morgan fingerprint density at radius 1 is 1.00 bits per heavy atom. The molecule has 0 aliphatic rings. The molecule has 6 heteroatoms. The van der Waals surface area contributed by atoms with E-state index in [0.717, 1.165) is 22.9 Å². The van der Waals surface area contributed by atoms with Gasteiger partial charge in [-0.3, -0.25) is 9.78 Å². The minimum Gasteiger partial charge on any atom is -0.306 e. The fourth-order valence-corrected chi connectivity index (χ4v) is 2.59. The van der Waals surface area contributed by atoms with Crippen molar-refractivity contribution in [1.82, 2.24) is 15.0 Å². The van der Waals surface area contributed by atoms with Crippen LogP contribution in [0.2, 0.25) is 0 Å². The third-order valence-corrected chi connectivity index (χ3v) is 3.68. The van der Waals surface area contributed by atoms with Crippen molar-refractivity contribution in [2.24, 2.45) is 0 Å². The molecule has 0 radical (unpaired) electrons. The third-order valence-electron chi connectivity index (χ3n) is 3.68. The van der Waals surface area contributed by atoms with Crippen molar-refractivity contribution in [3.8, 4) is 11.4 Å². The van der Waals surface area contributed by atoms with Gasteiger partial charge in [0, 0.05) is 29.4 Å². The highest BCUT2D eigenvalue weighted by atomic mass is 19.2. The van der Waals surface area contributed by atoms with E-state index < -0.39 is 17.2 Å². The molecule has 0 atom stereocenters. The highest BCUT2D eigenvalue weighted by molar-refractivity contribution is 5.95. The number of aromatic nitrogens is 3. The number of rotatable bonds is 1. The number of benzene rings is 2. The molecule has 112 valence electrons. The molecule has 2 heterocycles. The highest BCUT2D eigenvalue weighted by Crippen LogP contribution is 2.26. The second kappa shape index (κ2) is 4.95. The summed E-state index contributed by atoms with van der Waals surface area (Å²) in [4.78, 5) is 23.1. The van der Waals surface area contributed by atoms with Crippen LogP contribution in [0, 0.1) is 11.6 Å². The number of pyridine rings is 1. The fourth-order valence-electron chi connectivity index (χ4n) is 2.59. The number of fused-ring (bicyclic) bond motifs is 2. The SMILES string of the molecule is O=c1[nH]c(-c2cccc3cnccc23)nc2cc(F)c(F)cc12. The number of aromatic amines is 1.